The molecular weight excluding hydrogens is 520 g/mol. The number of fused-ring (bicyclic) bond motifs is 1. The highest BCUT2D eigenvalue weighted by atomic mass is 127. The summed E-state index contributed by atoms with van der Waals surface area (Å²) in [6.07, 6.45) is -1.05. The summed E-state index contributed by atoms with van der Waals surface area (Å²) in [6, 6.07) is 11.2. The van der Waals surface area contributed by atoms with E-state index >= 15 is 0 Å². The number of benzene rings is 1. The van der Waals surface area contributed by atoms with E-state index in [9.17, 15) is 13.2 Å². The maximum Gasteiger partial charge on any atom is 0.416 e. The Morgan fingerprint density at radius 2 is 1.87 bits per heavy atom. The number of rotatable bonds is 7. The molecular formula is C21H26F3IN6. The lowest BCUT2D eigenvalue weighted by Gasteiger charge is -2.16. The Morgan fingerprint density at radius 3 is 2.61 bits per heavy atom. The molecule has 31 heavy (non-hydrogen) atoms. The summed E-state index contributed by atoms with van der Waals surface area (Å²) < 4.78 is 40.6. The highest BCUT2D eigenvalue weighted by Gasteiger charge is 2.30. The highest BCUT2D eigenvalue weighted by molar-refractivity contribution is 14.0. The third-order valence-corrected chi connectivity index (χ3v) is 4.90. The number of alkyl halides is 3. The van der Waals surface area contributed by atoms with Crippen molar-refractivity contribution in [2.45, 2.75) is 31.9 Å². The topological polar surface area (TPSA) is 66.6 Å². The first-order valence-electron chi connectivity index (χ1n) is 9.79. The summed E-state index contributed by atoms with van der Waals surface area (Å²) in [4.78, 5) is 4.19. The van der Waals surface area contributed by atoms with Crippen LogP contribution in [0.25, 0.3) is 5.65 Å². The van der Waals surface area contributed by atoms with Gasteiger partial charge in [0.2, 0.25) is 0 Å². The maximum absolute atomic E-state index is 12.9. The van der Waals surface area contributed by atoms with Crippen LogP contribution in [-0.4, -0.2) is 40.7 Å². The van der Waals surface area contributed by atoms with Gasteiger partial charge in [0.1, 0.15) is 5.82 Å². The molecule has 0 radical (unpaired) electrons. The fourth-order valence-corrected chi connectivity index (χ4v) is 3.17. The third kappa shape index (κ3) is 6.81. The lowest BCUT2D eigenvalue weighted by molar-refractivity contribution is -0.137. The van der Waals surface area contributed by atoms with Crippen molar-refractivity contribution in [3.05, 3.63) is 65.6 Å². The van der Waals surface area contributed by atoms with E-state index in [1.807, 2.05) is 35.7 Å². The van der Waals surface area contributed by atoms with Gasteiger partial charge in [0.15, 0.2) is 11.6 Å². The van der Waals surface area contributed by atoms with Crippen LogP contribution in [0.3, 0.4) is 0 Å². The molecule has 0 saturated heterocycles. The standard InChI is InChI=1S/C21H25F3N6.HI/c1-15(16-6-5-7-17(14-16)21(22,23)24)9-11-26-20(25-2)27-12-10-19-29-28-18-8-3-4-13-30(18)19;/h3-8,13-15H,9-12H2,1-2H3,(H2,25,26,27);1H. The van der Waals surface area contributed by atoms with Crippen molar-refractivity contribution in [2.24, 2.45) is 4.99 Å². The molecule has 1 atom stereocenters. The van der Waals surface area contributed by atoms with E-state index < -0.39 is 11.7 Å². The van der Waals surface area contributed by atoms with Crippen molar-refractivity contribution in [3.8, 4) is 0 Å². The first-order valence-corrected chi connectivity index (χ1v) is 9.79. The van der Waals surface area contributed by atoms with E-state index in [0.29, 0.717) is 37.5 Å². The van der Waals surface area contributed by atoms with Gasteiger partial charge in [0.25, 0.3) is 0 Å². The monoisotopic (exact) mass is 546 g/mol. The molecule has 6 nitrogen and oxygen atoms in total. The molecule has 0 saturated carbocycles. The Kier molecular flexibility index (Phi) is 9.08. The number of halogens is 4. The van der Waals surface area contributed by atoms with Gasteiger partial charge in [0, 0.05) is 32.8 Å². The molecule has 0 fully saturated rings. The SMILES string of the molecule is CN=C(NCCc1nnc2ccccn12)NCCC(C)c1cccc(C(F)(F)F)c1.I. The van der Waals surface area contributed by atoms with E-state index in [2.05, 4.69) is 25.8 Å². The zero-order valence-electron chi connectivity index (χ0n) is 17.4. The fraction of sp³-hybridized carbons (Fsp3) is 0.381. The van der Waals surface area contributed by atoms with Crippen molar-refractivity contribution in [1.82, 2.24) is 25.2 Å². The van der Waals surface area contributed by atoms with Gasteiger partial charge in [-0.1, -0.05) is 31.2 Å². The van der Waals surface area contributed by atoms with Crippen molar-refractivity contribution in [1.29, 1.82) is 0 Å². The molecule has 0 aliphatic heterocycles. The second-order valence-corrected chi connectivity index (χ2v) is 7.03. The van der Waals surface area contributed by atoms with Crippen LogP contribution in [-0.2, 0) is 12.6 Å². The Bertz CT molecular complexity index is 1000. The Hall–Kier alpha value is -2.37. The van der Waals surface area contributed by atoms with Gasteiger partial charge < -0.3 is 10.6 Å². The number of pyridine rings is 1. The average molecular weight is 546 g/mol. The van der Waals surface area contributed by atoms with Crippen LogP contribution in [0.2, 0.25) is 0 Å². The first kappa shape index (κ1) is 24.9. The predicted molar refractivity (Wildman–Crippen MR) is 126 cm³/mol. The molecule has 1 unspecified atom stereocenters. The van der Waals surface area contributed by atoms with E-state index in [4.69, 9.17) is 0 Å². The molecule has 3 rings (SSSR count). The van der Waals surface area contributed by atoms with E-state index in [0.717, 1.165) is 17.5 Å². The van der Waals surface area contributed by atoms with Gasteiger partial charge in [0.05, 0.1) is 5.56 Å². The van der Waals surface area contributed by atoms with Crippen molar-refractivity contribution in [2.75, 3.05) is 20.1 Å². The molecule has 168 valence electrons. The van der Waals surface area contributed by atoms with Crippen LogP contribution in [0.5, 0.6) is 0 Å². The number of nitrogens with zero attached hydrogens (tertiary/aromatic N) is 4. The molecule has 3 aromatic rings. The predicted octanol–water partition coefficient (Wildman–Crippen LogP) is 4.27. The minimum atomic E-state index is -4.32. The summed E-state index contributed by atoms with van der Waals surface area (Å²) >= 11 is 0. The number of hydrogen-bond acceptors (Lipinski definition) is 3. The quantitative estimate of drug-likeness (QED) is 0.264. The third-order valence-electron chi connectivity index (χ3n) is 4.90. The molecule has 2 N–H and O–H groups in total. The number of guanidine groups is 1. The first-order chi connectivity index (χ1) is 14.4. The minimum Gasteiger partial charge on any atom is -0.356 e. The molecule has 2 heterocycles. The number of nitrogens with one attached hydrogen (secondary N) is 2. The van der Waals surface area contributed by atoms with Gasteiger partial charge in [-0.25, -0.2) is 0 Å². The second-order valence-electron chi connectivity index (χ2n) is 7.03. The van der Waals surface area contributed by atoms with Crippen LogP contribution >= 0.6 is 24.0 Å². The summed E-state index contributed by atoms with van der Waals surface area (Å²) in [5.74, 6) is 1.48. The van der Waals surface area contributed by atoms with Crippen molar-refractivity contribution in [3.63, 3.8) is 0 Å². The summed E-state index contributed by atoms with van der Waals surface area (Å²) in [5, 5.41) is 14.7. The molecule has 0 bridgehead atoms. The molecule has 1 aromatic carbocycles. The van der Waals surface area contributed by atoms with Gasteiger partial charge >= 0.3 is 6.18 Å². The second kappa shape index (κ2) is 11.3. The minimum absolute atomic E-state index is 0. The molecule has 0 spiro atoms. The Morgan fingerprint density at radius 1 is 1.10 bits per heavy atom. The lowest BCUT2D eigenvalue weighted by Crippen LogP contribution is -2.39. The number of hydrogen-bond donors (Lipinski definition) is 2. The largest absolute Gasteiger partial charge is 0.416 e. The van der Waals surface area contributed by atoms with Crippen LogP contribution < -0.4 is 10.6 Å². The normalized spacial score (nSPS) is 13.0. The van der Waals surface area contributed by atoms with Crippen molar-refractivity contribution >= 4 is 35.6 Å². The molecule has 0 aliphatic rings. The van der Waals surface area contributed by atoms with Crippen LogP contribution in [0.1, 0.15) is 36.2 Å². The van der Waals surface area contributed by atoms with Crippen LogP contribution in [0.15, 0.2) is 53.7 Å². The summed E-state index contributed by atoms with van der Waals surface area (Å²) in [6.45, 7) is 3.13. The molecule has 0 aliphatic carbocycles. The molecule has 0 amide bonds. The zero-order chi connectivity index (χ0) is 21.6. The zero-order valence-corrected chi connectivity index (χ0v) is 19.7. The van der Waals surface area contributed by atoms with E-state index in [-0.39, 0.29) is 29.9 Å². The average Bonchev–Trinajstić information content (AvgIpc) is 3.15. The van der Waals surface area contributed by atoms with Gasteiger partial charge in [-0.3, -0.25) is 9.39 Å². The number of aromatic nitrogens is 3. The van der Waals surface area contributed by atoms with Crippen molar-refractivity contribution < 1.29 is 13.2 Å². The van der Waals surface area contributed by atoms with E-state index in [1.165, 1.54) is 12.1 Å². The molecule has 10 heteroatoms. The summed E-state index contributed by atoms with van der Waals surface area (Å²) in [5.41, 5.74) is 0.866. The fourth-order valence-electron chi connectivity index (χ4n) is 3.17. The smallest absolute Gasteiger partial charge is 0.356 e. The van der Waals surface area contributed by atoms with Gasteiger partial charge in [-0.05, 0) is 36.1 Å². The van der Waals surface area contributed by atoms with Gasteiger partial charge in [-0.15, -0.1) is 34.2 Å². The van der Waals surface area contributed by atoms with E-state index in [1.54, 1.807) is 13.1 Å². The van der Waals surface area contributed by atoms with Crippen LogP contribution in [0.4, 0.5) is 13.2 Å². The Balaban J connectivity index is 0.00000341. The highest BCUT2D eigenvalue weighted by Crippen LogP contribution is 2.31. The maximum atomic E-state index is 12.9. The molecule has 2 aromatic heterocycles. The Labute approximate surface area is 196 Å². The van der Waals surface area contributed by atoms with Crippen LogP contribution in [0, 0.1) is 0 Å². The summed E-state index contributed by atoms with van der Waals surface area (Å²) in [7, 11) is 1.68. The van der Waals surface area contributed by atoms with Gasteiger partial charge in [-0.2, -0.15) is 13.2 Å². The number of aliphatic imine (C=N–C) groups is 1. The lowest BCUT2D eigenvalue weighted by atomic mass is 9.96.